The molecular formula is C21H26ClN3O2. The molecule has 6 heteroatoms. The van der Waals surface area contributed by atoms with Crippen LogP contribution in [0.5, 0.6) is 5.75 Å². The van der Waals surface area contributed by atoms with Crippen molar-refractivity contribution in [3.8, 4) is 5.75 Å². The highest BCUT2D eigenvalue weighted by Crippen LogP contribution is 2.18. The van der Waals surface area contributed by atoms with E-state index in [1.54, 1.807) is 31.2 Å². The monoisotopic (exact) mass is 387 g/mol. The highest BCUT2D eigenvalue weighted by atomic mass is 35.5. The minimum atomic E-state index is -0.573. The molecule has 0 bridgehead atoms. The fourth-order valence-corrected chi connectivity index (χ4v) is 3.12. The summed E-state index contributed by atoms with van der Waals surface area (Å²) in [5.41, 5.74) is 2.30. The van der Waals surface area contributed by atoms with Crippen LogP contribution in [0.1, 0.15) is 12.5 Å². The van der Waals surface area contributed by atoms with Gasteiger partial charge in [-0.3, -0.25) is 4.79 Å². The van der Waals surface area contributed by atoms with Crippen molar-refractivity contribution in [2.75, 3.05) is 38.1 Å². The number of carbonyl (C=O) groups excluding carboxylic acids is 1. The number of anilines is 1. The maximum atomic E-state index is 12.3. The number of hydrogen-bond donors (Lipinski definition) is 1. The predicted molar refractivity (Wildman–Crippen MR) is 110 cm³/mol. The topological polar surface area (TPSA) is 44.8 Å². The SMILES string of the molecule is C[C@@H](Oc1ccc(Cl)cc1)C(=O)NCc1ccc(N2CCN(C)CC2)cc1. The fraction of sp³-hybridized carbons (Fsp3) is 0.381. The van der Waals surface area contributed by atoms with Gasteiger partial charge in [0.1, 0.15) is 5.75 Å². The third-order valence-corrected chi connectivity index (χ3v) is 5.02. The summed E-state index contributed by atoms with van der Waals surface area (Å²) in [5.74, 6) is 0.478. The van der Waals surface area contributed by atoms with Crippen LogP contribution in [0, 0.1) is 0 Å². The molecule has 0 spiro atoms. The summed E-state index contributed by atoms with van der Waals surface area (Å²) in [7, 11) is 2.15. The second-order valence-electron chi connectivity index (χ2n) is 6.89. The van der Waals surface area contributed by atoms with Gasteiger partial charge >= 0.3 is 0 Å². The summed E-state index contributed by atoms with van der Waals surface area (Å²) >= 11 is 5.86. The Labute approximate surface area is 165 Å². The van der Waals surface area contributed by atoms with Crippen molar-refractivity contribution in [2.24, 2.45) is 0 Å². The standard InChI is InChI=1S/C21H26ClN3O2/c1-16(27-20-9-5-18(22)6-10-20)21(26)23-15-17-3-7-19(8-4-17)25-13-11-24(2)12-14-25/h3-10,16H,11-15H2,1-2H3,(H,23,26)/t16-/m1/s1. The quantitative estimate of drug-likeness (QED) is 0.826. The summed E-state index contributed by atoms with van der Waals surface area (Å²) in [6.45, 7) is 6.49. The van der Waals surface area contributed by atoms with E-state index >= 15 is 0 Å². The van der Waals surface area contributed by atoms with Gasteiger partial charge in [0.2, 0.25) is 0 Å². The van der Waals surface area contributed by atoms with Crippen LogP contribution in [-0.2, 0) is 11.3 Å². The van der Waals surface area contributed by atoms with E-state index in [0.29, 0.717) is 17.3 Å². The van der Waals surface area contributed by atoms with E-state index in [1.807, 2.05) is 0 Å². The van der Waals surface area contributed by atoms with Crippen LogP contribution >= 0.6 is 11.6 Å². The Balaban J connectivity index is 1.47. The highest BCUT2D eigenvalue weighted by molar-refractivity contribution is 6.30. The molecule has 0 saturated carbocycles. The van der Waals surface area contributed by atoms with Crippen molar-refractivity contribution in [1.29, 1.82) is 0 Å². The number of carbonyl (C=O) groups is 1. The van der Waals surface area contributed by atoms with Gasteiger partial charge in [-0.05, 0) is 55.9 Å². The number of amides is 1. The second kappa shape index (κ2) is 9.11. The zero-order chi connectivity index (χ0) is 19.2. The summed E-state index contributed by atoms with van der Waals surface area (Å²) in [6.07, 6.45) is -0.573. The van der Waals surface area contributed by atoms with Gasteiger partial charge in [0.25, 0.3) is 5.91 Å². The van der Waals surface area contributed by atoms with E-state index in [-0.39, 0.29) is 5.91 Å². The normalized spacial score (nSPS) is 16.0. The van der Waals surface area contributed by atoms with Gasteiger partial charge in [0, 0.05) is 43.4 Å². The van der Waals surface area contributed by atoms with Crippen LogP contribution in [0.15, 0.2) is 48.5 Å². The number of rotatable bonds is 6. The second-order valence-corrected chi connectivity index (χ2v) is 7.33. The summed E-state index contributed by atoms with van der Waals surface area (Å²) in [6, 6.07) is 15.4. The Morgan fingerprint density at radius 1 is 1.07 bits per heavy atom. The Morgan fingerprint density at radius 2 is 1.70 bits per heavy atom. The summed E-state index contributed by atoms with van der Waals surface area (Å²) in [5, 5.41) is 3.56. The van der Waals surface area contributed by atoms with E-state index in [0.717, 1.165) is 31.7 Å². The fourth-order valence-electron chi connectivity index (χ4n) is 2.99. The Morgan fingerprint density at radius 3 is 2.33 bits per heavy atom. The number of benzene rings is 2. The Bertz CT molecular complexity index is 741. The van der Waals surface area contributed by atoms with Gasteiger partial charge in [-0.1, -0.05) is 23.7 Å². The van der Waals surface area contributed by atoms with E-state index in [9.17, 15) is 4.79 Å². The van der Waals surface area contributed by atoms with Crippen molar-refractivity contribution in [2.45, 2.75) is 19.6 Å². The van der Waals surface area contributed by atoms with Gasteiger partial charge in [0.15, 0.2) is 6.10 Å². The molecule has 0 radical (unpaired) electrons. The first-order valence-corrected chi connectivity index (χ1v) is 9.61. The average molecular weight is 388 g/mol. The van der Waals surface area contributed by atoms with Crippen LogP contribution in [0.3, 0.4) is 0 Å². The maximum absolute atomic E-state index is 12.3. The zero-order valence-electron chi connectivity index (χ0n) is 15.8. The lowest BCUT2D eigenvalue weighted by atomic mass is 10.1. The first-order valence-electron chi connectivity index (χ1n) is 9.23. The number of nitrogens with one attached hydrogen (secondary N) is 1. The lowest BCUT2D eigenvalue weighted by Gasteiger charge is -2.34. The predicted octanol–water partition coefficient (Wildman–Crippen LogP) is 3.18. The molecule has 1 amide bonds. The molecule has 1 aliphatic heterocycles. The van der Waals surface area contributed by atoms with Gasteiger partial charge < -0.3 is 19.9 Å². The van der Waals surface area contributed by atoms with E-state index < -0.39 is 6.10 Å². The molecule has 0 aliphatic carbocycles. The Kier molecular flexibility index (Phi) is 6.58. The van der Waals surface area contributed by atoms with Crippen LogP contribution in [0.4, 0.5) is 5.69 Å². The molecule has 1 heterocycles. The molecule has 0 unspecified atom stereocenters. The molecule has 5 nitrogen and oxygen atoms in total. The molecule has 1 atom stereocenters. The third-order valence-electron chi connectivity index (χ3n) is 4.77. The number of likely N-dealkylation sites (N-methyl/N-ethyl adjacent to an activating group) is 1. The molecule has 1 saturated heterocycles. The lowest BCUT2D eigenvalue weighted by molar-refractivity contribution is -0.127. The highest BCUT2D eigenvalue weighted by Gasteiger charge is 2.15. The van der Waals surface area contributed by atoms with Gasteiger partial charge in [0.05, 0.1) is 0 Å². The van der Waals surface area contributed by atoms with E-state index in [4.69, 9.17) is 16.3 Å². The van der Waals surface area contributed by atoms with Gasteiger partial charge in [-0.25, -0.2) is 0 Å². The number of hydrogen-bond acceptors (Lipinski definition) is 4. The van der Waals surface area contributed by atoms with Crippen LogP contribution < -0.4 is 15.0 Å². The molecule has 1 N–H and O–H groups in total. The lowest BCUT2D eigenvalue weighted by Crippen LogP contribution is -2.44. The van der Waals surface area contributed by atoms with E-state index in [1.165, 1.54) is 5.69 Å². The van der Waals surface area contributed by atoms with Crippen LogP contribution in [0.25, 0.3) is 0 Å². The van der Waals surface area contributed by atoms with E-state index in [2.05, 4.69) is 46.4 Å². The van der Waals surface area contributed by atoms with Crippen molar-refractivity contribution in [3.63, 3.8) is 0 Å². The molecule has 0 aromatic heterocycles. The minimum Gasteiger partial charge on any atom is -0.481 e. The number of piperazine rings is 1. The molecule has 1 fully saturated rings. The molecule has 2 aromatic rings. The molecule has 144 valence electrons. The molecule has 3 rings (SSSR count). The summed E-state index contributed by atoms with van der Waals surface area (Å²) in [4.78, 5) is 17.0. The molecular weight excluding hydrogens is 362 g/mol. The van der Waals surface area contributed by atoms with Gasteiger partial charge in [-0.15, -0.1) is 0 Å². The molecule has 1 aliphatic rings. The summed E-state index contributed by atoms with van der Waals surface area (Å²) < 4.78 is 5.65. The Hall–Kier alpha value is -2.24. The third kappa shape index (κ3) is 5.62. The van der Waals surface area contributed by atoms with Crippen molar-refractivity contribution in [1.82, 2.24) is 10.2 Å². The van der Waals surface area contributed by atoms with Crippen molar-refractivity contribution in [3.05, 3.63) is 59.1 Å². The van der Waals surface area contributed by atoms with Crippen LogP contribution in [-0.4, -0.2) is 50.1 Å². The van der Waals surface area contributed by atoms with Gasteiger partial charge in [-0.2, -0.15) is 0 Å². The minimum absolute atomic E-state index is 0.145. The number of halogens is 1. The molecule has 27 heavy (non-hydrogen) atoms. The van der Waals surface area contributed by atoms with Crippen molar-refractivity contribution >= 4 is 23.2 Å². The number of ether oxygens (including phenoxy) is 1. The average Bonchev–Trinajstić information content (AvgIpc) is 2.69. The first-order chi connectivity index (χ1) is 13.0. The zero-order valence-corrected chi connectivity index (χ0v) is 16.6. The molecule has 2 aromatic carbocycles. The smallest absolute Gasteiger partial charge is 0.261 e. The largest absolute Gasteiger partial charge is 0.481 e. The van der Waals surface area contributed by atoms with Crippen LogP contribution in [0.2, 0.25) is 5.02 Å². The van der Waals surface area contributed by atoms with Crippen molar-refractivity contribution < 1.29 is 9.53 Å². The first kappa shape index (κ1) is 19.5. The maximum Gasteiger partial charge on any atom is 0.261 e. The number of nitrogens with zero attached hydrogens (tertiary/aromatic N) is 2.